The van der Waals surface area contributed by atoms with E-state index in [1.807, 2.05) is 0 Å². The highest BCUT2D eigenvalue weighted by Gasteiger charge is 2.39. The molecule has 0 unspecified atom stereocenters. The molecule has 8 heteroatoms. The molecule has 4 atom stereocenters. The third-order valence-electron chi connectivity index (χ3n) is 4.17. The first-order valence-corrected chi connectivity index (χ1v) is 9.26. The van der Waals surface area contributed by atoms with Crippen LogP contribution in [0.5, 0.6) is 0 Å². The van der Waals surface area contributed by atoms with Gasteiger partial charge in [-0.15, -0.1) is 0 Å². The van der Waals surface area contributed by atoms with Crippen LogP contribution in [-0.4, -0.2) is 53.6 Å². The fraction of sp³-hybridized carbons (Fsp3) is 0.273. The average molecular weight is 413 g/mol. The Morgan fingerprint density at radius 2 is 1.30 bits per heavy atom. The summed E-state index contributed by atoms with van der Waals surface area (Å²) in [5.41, 5.74) is 0.396. The van der Waals surface area contributed by atoms with E-state index in [1.54, 1.807) is 36.4 Å². The van der Waals surface area contributed by atoms with Gasteiger partial charge in [-0.05, 0) is 31.2 Å². The van der Waals surface area contributed by atoms with Crippen molar-refractivity contribution < 1.29 is 33.8 Å². The van der Waals surface area contributed by atoms with Crippen molar-refractivity contribution in [3.05, 3.63) is 71.8 Å². The van der Waals surface area contributed by atoms with Gasteiger partial charge in [0.2, 0.25) is 5.91 Å². The van der Waals surface area contributed by atoms with Crippen LogP contribution in [0.15, 0.2) is 60.7 Å². The number of carbonyl (C=O) groups excluding carboxylic acids is 4. The number of hydrogen-bond donors (Lipinski definition) is 2. The van der Waals surface area contributed by atoms with Gasteiger partial charge in [0, 0.05) is 6.92 Å². The van der Waals surface area contributed by atoms with E-state index in [0.717, 1.165) is 0 Å². The number of aliphatic hydroxyl groups is 1. The smallest absolute Gasteiger partial charge is 0.338 e. The topological polar surface area (TPSA) is 119 Å². The molecular formula is C22H23NO7. The quantitative estimate of drug-likeness (QED) is 0.473. The van der Waals surface area contributed by atoms with Crippen molar-refractivity contribution >= 4 is 24.1 Å². The van der Waals surface area contributed by atoms with Crippen molar-refractivity contribution in [2.24, 2.45) is 0 Å². The Hall–Kier alpha value is -3.52. The molecule has 0 aromatic heterocycles. The molecule has 0 fully saturated rings. The van der Waals surface area contributed by atoms with Crippen LogP contribution in [-0.2, 0) is 19.1 Å². The number of hydrogen-bond acceptors (Lipinski definition) is 7. The third-order valence-corrected chi connectivity index (χ3v) is 4.17. The van der Waals surface area contributed by atoms with E-state index >= 15 is 0 Å². The van der Waals surface area contributed by atoms with Crippen molar-refractivity contribution in [3.63, 3.8) is 0 Å². The maximum atomic E-state index is 12.6. The molecule has 30 heavy (non-hydrogen) atoms. The van der Waals surface area contributed by atoms with Crippen LogP contribution in [0.25, 0.3) is 0 Å². The van der Waals surface area contributed by atoms with Crippen LogP contribution in [0.4, 0.5) is 0 Å². The van der Waals surface area contributed by atoms with Gasteiger partial charge in [0.15, 0.2) is 12.2 Å². The minimum Gasteiger partial charge on any atom is -0.452 e. The standard InChI is InChI=1S/C22H23NO7/c1-14(25)19(29-21(27)16-9-5-3-6-10-16)20(18(13-24)23-15(2)26)30-22(28)17-11-7-4-8-12-17/h3-14,18-20,25H,1-2H3,(H,23,26)/t14-,18-,19-,20+/m0/s1. The van der Waals surface area contributed by atoms with Gasteiger partial charge in [0.1, 0.15) is 12.3 Å². The van der Waals surface area contributed by atoms with E-state index in [4.69, 9.17) is 9.47 Å². The number of carbonyl (C=O) groups is 4. The number of benzene rings is 2. The molecule has 0 saturated heterocycles. The molecule has 0 aliphatic rings. The largest absolute Gasteiger partial charge is 0.452 e. The van der Waals surface area contributed by atoms with Crippen LogP contribution in [0.2, 0.25) is 0 Å². The summed E-state index contributed by atoms with van der Waals surface area (Å²) < 4.78 is 10.8. The third kappa shape index (κ3) is 6.25. The van der Waals surface area contributed by atoms with E-state index in [2.05, 4.69) is 5.32 Å². The number of aliphatic hydroxyl groups excluding tert-OH is 1. The van der Waals surface area contributed by atoms with Crippen molar-refractivity contribution in [1.82, 2.24) is 5.32 Å². The molecule has 0 aliphatic heterocycles. The van der Waals surface area contributed by atoms with Crippen molar-refractivity contribution in [3.8, 4) is 0 Å². The molecule has 2 aromatic rings. The molecule has 158 valence electrons. The van der Waals surface area contributed by atoms with Crippen LogP contribution < -0.4 is 5.32 Å². The summed E-state index contributed by atoms with van der Waals surface area (Å²) in [5, 5.41) is 12.6. The summed E-state index contributed by atoms with van der Waals surface area (Å²) in [6.45, 7) is 2.50. The molecule has 1 amide bonds. The summed E-state index contributed by atoms with van der Waals surface area (Å²) in [6.07, 6.45) is -3.85. The molecule has 0 heterocycles. The Morgan fingerprint density at radius 3 is 1.67 bits per heavy atom. The van der Waals surface area contributed by atoms with Gasteiger partial charge in [-0.3, -0.25) is 4.79 Å². The molecule has 0 bridgehead atoms. The summed E-state index contributed by atoms with van der Waals surface area (Å²) in [4.78, 5) is 48.3. The fourth-order valence-corrected chi connectivity index (χ4v) is 2.74. The number of esters is 2. The minimum atomic E-state index is -1.47. The van der Waals surface area contributed by atoms with Gasteiger partial charge in [0.05, 0.1) is 17.2 Å². The highest BCUT2D eigenvalue weighted by atomic mass is 16.6. The predicted octanol–water partition coefficient (Wildman–Crippen LogP) is 1.52. The first-order chi connectivity index (χ1) is 14.3. The second kappa shape index (κ2) is 10.9. The Kier molecular flexibility index (Phi) is 8.25. The normalized spacial score (nSPS) is 14.5. The number of nitrogens with one attached hydrogen (secondary N) is 1. The van der Waals surface area contributed by atoms with E-state index in [9.17, 15) is 24.3 Å². The Labute approximate surface area is 173 Å². The molecule has 0 aliphatic carbocycles. The number of ether oxygens (including phenoxy) is 2. The number of amides is 1. The van der Waals surface area contributed by atoms with E-state index in [0.29, 0.717) is 6.29 Å². The molecule has 8 nitrogen and oxygen atoms in total. The molecule has 2 N–H and O–H groups in total. The molecular weight excluding hydrogens is 390 g/mol. The van der Waals surface area contributed by atoms with Gasteiger partial charge in [-0.1, -0.05) is 36.4 Å². The zero-order valence-electron chi connectivity index (χ0n) is 16.6. The summed E-state index contributed by atoms with van der Waals surface area (Å²) in [6, 6.07) is 14.6. The lowest BCUT2D eigenvalue weighted by Gasteiger charge is -2.32. The van der Waals surface area contributed by atoms with Crippen LogP contribution in [0.1, 0.15) is 34.6 Å². The number of rotatable bonds is 9. The zero-order valence-corrected chi connectivity index (χ0v) is 16.6. The van der Waals surface area contributed by atoms with Gasteiger partial charge in [-0.25, -0.2) is 9.59 Å². The maximum absolute atomic E-state index is 12.6. The lowest BCUT2D eigenvalue weighted by Crippen LogP contribution is -2.55. The molecule has 0 radical (unpaired) electrons. The second-order valence-electron chi connectivity index (χ2n) is 6.57. The van der Waals surface area contributed by atoms with Crippen molar-refractivity contribution in [2.45, 2.75) is 38.2 Å². The Morgan fingerprint density at radius 1 is 0.867 bits per heavy atom. The lowest BCUT2D eigenvalue weighted by molar-refractivity contribution is -0.129. The first-order valence-electron chi connectivity index (χ1n) is 9.26. The lowest BCUT2D eigenvalue weighted by atomic mass is 10.0. The van der Waals surface area contributed by atoms with Gasteiger partial charge >= 0.3 is 11.9 Å². The van der Waals surface area contributed by atoms with Crippen molar-refractivity contribution in [2.75, 3.05) is 0 Å². The Bertz CT molecular complexity index is 868. The molecule has 0 spiro atoms. The van der Waals surface area contributed by atoms with E-state index < -0.39 is 42.2 Å². The first kappa shape index (κ1) is 22.8. The van der Waals surface area contributed by atoms with Gasteiger partial charge < -0.3 is 24.7 Å². The van der Waals surface area contributed by atoms with Gasteiger partial charge in [0.25, 0.3) is 0 Å². The second-order valence-corrected chi connectivity index (χ2v) is 6.57. The van der Waals surface area contributed by atoms with E-state index in [-0.39, 0.29) is 11.1 Å². The zero-order chi connectivity index (χ0) is 22.1. The minimum absolute atomic E-state index is 0.189. The summed E-state index contributed by atoms with van der Waals surface area (Å²) in [5.74, 6) is -2.15. The summed E-state index contributed by atoms with van der Waals surface area (Å²) in [7, 11) is 0. The highest BCUT2D eigenvalue weighted by Crippen LogP contribution is 2.18. The fourth-order valence-electron chi connectivity index (χ4n) is 2.74. The predicted molar refractivity (Wildman–Crippen MR) is 107 cm³/mol. The summed E-state index contributed by atoms with van der Waals surface area (Å²) >= 11 is 0. The van der Waals surface area contributed by atoms with Gasteiger partial charge in [-0.2, -0.15) is 0 Å². The van der Waals surface area contributed by atoms with Crippen LogP contribution in [0, 0.1) is 0 Å². The van der Waals surface area contributed by atoms with Crippen molar-refractivity contribution in [1.29, 1.82) is 0 Å². The highest BCUT2D eigenvalue weighted by molar-refractivity contribution is 5.90. The SMILES string of the molecule is CC(=O)N[C@@H](C=O)[C@@H](OC(=O)c1ccccc1)[C@@H](OC(=O)c1ccccc1)[C@H](C)O. The number of aldehydes is 1. The van der Waals surface area contributed by atoms with Crippen LogP contribution in [0.3, 0.4) is 0 Å². The average Bonchev–Trinajstić information content (AvgIpc) is 2.75. The maximum Gasteiger partial charge on any atom is 0.338 e. The Balaban J connectivity index is 2.34. The molecule has 0 saturated carbocycles. The molecule has 2 aromatic carbocycles. The van der Waals surface area contributed by atoms with Crippen LogP contribution >= 0.6 is 0 Å². The van der Waals surface area contributed by atoms with E-state index in [1.165, 1.54) is 38.1 Å². The monoisotopic (exact) mass is 413 g/mol. The molecule has 2 rings (SSSR count).